The van der Waals surface area contributed by atoms with Crippen LogP contribution in [0.3, 0.4) is 0 Å². The van der Waals surface area contributed by atoms with Crippen LogP contribution in [0.4, 0.5) is 11.6 Å². The molecule has 0 unspecified atom stereocenters. The van der Waals surface area contributed by atoms with Crippen LogP contribution < -0.4 is 10.1 Å². The number of nitriles is 1. The Morgan fingerprint density at radius 1 is 1.17 bits per heavy atom. The van der Waals surface area contributed by atoms with E-state index in [0.29, 0.717) is 17.6 Å². The first kappa shape index (κ1) is 20.6. The molecular weight excluding hydrogens is 392 g/mol. The highest BCUT2D eigenvalue weighted by Crippen LogP contribution is 2.35. The Morgan fingerprint density at radius 2 is 2.00 bits per heavy atom. The Bertz CT molecular complexity index is 993. The van der Waals surface area contributed by atoms with Gasteiger partial charge in [0.05, 0.1) is 25.2 Å². The number of nitrogens with zero attached hydrogens (tertiary/aromatic N) is 4. The number of hydrogen-bond donors (Lipinski definition) is 2. The molecule has 0 saturated carbocycles. The molecular formula is C20H21ClN6O2. The van der Waals surface area contributed by atoms with E-state index < -0.39 is 0 Å². The normalized spacial score (nSPS) is 13.9. The number of aromatic nitrogens is 4. The minimum atomic E-state index is 0. The van der Waals surface area contributed by atoms with Crippen LogP contribution in [0.1, 0.15) is 30.0 Å². The zero-order chi connectivity index (χ0) is 19.3. The van der Waals surface area contributed by atoms with Gasteiger partial charge in [0.15, 0.2) is 11.5 Å². The first-order valence-electron chi connectivity index (χ1n) is 9.07. The summed E-state index contributed by atoms with van der Waals surface area (Å²) in [7, 11) is 1.68. The third-order valence-electron chi connectivity index (χ3n) is 4.81. The second kappa shape index (κ2) is 9.37. The summed E-state index contributed by atoms with van der Waals surface area (Å²) >= 11 is 0. The van der Waals surface area contributed by atoms with E-state index in [1.54, 1.807) is 7.11 Å². The van der Waals surface area contributed by atoms with Gasteiger partial charge in [0.25, 0.3) is 0 Å². The van der Waals surface area contributed by atoms with E-state index in [9.17, 15) is 0 Å². The zero-order valence-electron chi connectivity index (χ0n) is 15.9. The molecule has 3 heterocycles. The number of hydrogen-bond acceptors (Lipinski definition) is 7. The van der Waals surface area contributed by atoms with Gasteiger partial charge in [-0.05, 0) is 36.5 Å². The molecule has 4 rings (SSSR count). The number of nitrogens with one attached hydrogen (secondary N) is 2. The monoisotopic (exact) mass is 412 g/mol. The number of benzene rings is 1. The van der Waals surface area contributed by atoms with Crippen molar-refractivity contribution in [2.45, 2.75) is 18.8 Å². The van der Waals surface area contributed by atoms with E-state index in [2.05, 4.69) is 43.7 Å². The van der Waals surface area contributed by atoms with E-state index >= 15 is 0 Å². The lowest BCUT2D eigenvalue weighted by Crippen LogP contribution is -2.14. The van der Waals surface area contributed by atoms with Crippen LogP contribution in [0.2, 0.25) is 0 Å². The Balaban J connectivity index is 0.00000240. The fraction of sp³-hybridized carbons (Fsp3) is 0.300. The highest BCUT2D eigenvalue weighted by molar-refractivity contribution is 5.85. The van der Waals surface area contributed by atoms with Gasteiger partial charge in [0, 0.05) is 24.8 Å². The molecule has 1 aliphatic rings. The molecule has 1 aliphatic heterocycles. The largest absolute Gasteiger partial charge is 0.496 e. The highest BCUT2D eigenvalue weighted by Gasteiger charge is 2.18. The molecule has 0 amide bonds. The maximum Gasteiger partial charge on any atom is 0.158 e. The molecule has 1 saturated heterocycles. The minimum Gasteiger partial charge on any atom is -0.496 e. The molecule has 0 bridgehead atoms. The molecule has 150 valence electrons. The van der Waals surface area contributed by atoms with Crippen molar-refractivity contribution >= 4 is 24.0 Å². The molecule has 2 aromatic heterocycles. The van der Waals surface area contributed by atoms with Gasteiger partial charge in [-0.15, -0.1) is 12.4 Å². The topological polar surface area (TPSA) is 109 Å². The maximum absolute atomic E-state index is 8.79. The summed E-state index contributed by atoms with van der Waals surface area (Å²) in [4.78, 5) is 8.13. The van der Waals surface area contributed by atoms with Crippen molar-refractivity contribution in [1.29, 1.82) is 5.26 Å². The van der Waals surface area contributed by atoms with Crippen LogP contribution in [0.15, 0.2) is 36.7 Å². The molecule has 8 nitrogen and oxygen atoms in total. The van der Waals surface area contributed by atoms with Crippen LogP contribution in [-0.4, -0.2) is 40.5 Å². The lowest BCUT2D eigenvalue weighted by atomic mass is 9.90. The first-order valence-corrected chi connectivity index (χ1v) is 9.07. The molecule has 0 radical (unpaired) electrons. The number of aromatic amines is 1. The fourth-order valence-corrected chi connectivity index (χ4v) is 3.32. The average molecular weight is 413 g/mol. The smallest absolute Gasteiger partial charge is 0.158 e. The first-order chi connectivity index (χ1) is 13.8. The summed E-state index contributed by atoms with van der Waals surface area (Å²) in [6.45, 7) is 1.62. The number of halogens is 1. The SMILES string of the molecule is COc1cc(C2CCOCC2)ccc1-c1cc(Nc2cnc(C#N)cn2)n[nH]1.Cl. The zero-order valence-corrected chi connectivity index (χ0v) is 16.7. The Hall–Kier alpha value is -3.15. The third-order valence-corrected chi connectivity index (χ3v) is 4.81. The highest BCUT2D eigenvalue weighted by atomic mass is 35.5. The second-order valence-electron chi connectivity index (χ2n) is 6.54. The van der Waals surface area contributed by atoms with Gasteiger partial charge in [-0.2, -0.15) is 10.4 Å². The van der Waals surface area contributed by atoms with Crippen LogP contribution in [0.25, 0.3) is 11.3 Å². The standard InChI is InChI=1S/C20H20N6O2.ClH/c1-27-18-8-14(13-4-6-28-7-5-13)2-3-16(18)17-9-19(26-25-17)24-20-12-22-15(10-21)11-23-20;/h2-3,8-9,11-13H,4-7H2,1H3,(H2,23,24,25,26);1H. The predicted molar refractivity (Wildman–Crippen MR) is 111 cm³/mol. The van der Waals surface area contributed by atoms with Crippen molar-refractivity contribution in [3.63, 3.8) is 0 Å². The van der Waals surface area contributed by atoms with Gasteiger partial charge in [-0.1, -0.05) is 6.07 Å². The fourth-order valence-electron chi connectivity index (χ4n) is 3.32. The molecule has 0 atom stereocenters. The van der Waals surface area contributed by atoms with Gasteiger partial charge < -0.3 is 14.8 Å². The van der Waals surface area contributed by atoms with Gasteiger partial charge in [0.1, 0.15) is 17.6 Å². The van der Waals surface area contributed by atoms with Gasteiger partial charge in [-0.25, -0.2) is 9.97 Å². The summed E-state index contributed by atoms with van der Waals surface area (Å²) in [5.41, 5.74) is 3.31. The molecule has 3 aromatic rings. The Kier molecular flexibility index (Phi) is 6.65. The van der Waals surface area contributed by atoms with Crippen molar-refractivity contribution in [2.24, 2.45) is 0 Å². The maximum atomic E-state index is 8.79. The van der Waals surface area contributed by atoms with E-state index in [-0.39, 0.29) is 18.1 Å². The number of ether oxygens (including phenoxy) is 2. The van der Waals surface area contributed by atoms with Crippen LogP contribution >= 0.6 is 12.4 Å². The number of anilines is 2. The van der Waals surface area contributed by atoms with Crippen LogP contribution in [0.5, 0.6) is 5.75 Å². The van der Waals surface area contributed by atoms with Crippen molar-refractivity contribution in [3.8, 4) is 23.1 Å². The van der Waals surface area contributed by atoms with Gasteiger partial charge >= 0.3 is 0 Å². The van der Waals surface area contributed by atoms with Crippen molar-refractivity contribution in [2.75, 3.05) is 25.6 Å². The summed E-state index contributed by atoms with van der Waals surface area (Å²) < 4.78 is 11.1. The predicted octanol–water partition coefficient (Wildman–Crippen LogP) is 3.81. The summed E-state index contributed by atoms with van der Waals surface area (Å²) in [6.07, 6.45) is 4.97. The average Bonchev–Trinajstić information content (AvgIpc) is 3.22. The van der Waals surface area contributed by atoms with Crippen molar-refractivity contribution in [3.05, 3.63) is 47.9 Å². The van der Waals surface area contributed by atoms with E-state index in [0.717, 1.165) is 43.1 Å². The number of methoxy groups -OCH3 is 1. The molecule has 1 aromatic carbocycles. The third kappa shape index (κ3) is 4.65. The lowest BCUT2D eigenvalue weighted by molar-refractivity contribution is 0.0853. The summed E-state index contributed by atoms with van der Waals surface area (Å²) in [6, 6.07) is 10.1. The molecule has 2 N–H and O–H groups in total. The Morgan fingerprint density at radius 3 is 2.69 bits per heavy atom. The molecule has 9 heteroatoms. The number of H-pyrrole nitrogens is 1. The molecule has 0 spiro atoms. The van der Waals surface area contributed by atoms with Crippen LogP contribution in [0, 0.1) is 11.3 Å². The summed E-state index contributed by atoms with van der Waals surface area (Å²) in [5, 5.41) is 19.2. The molecule has 1 fully saturated rings. The van der Waals surface area contributed by atoms with Crippen molar-refractivity contribution in [1.82, 2.24) is 20.2 Å². The summed E-state index contributed by atoms with van der Waals surface area (Å²) in [5.74, 6) is 2.42. The van der Waals surface area contributed by atoms with E-state index in [1.807, 2.05) is 12.1 Å². The van der Waals surface area contributed by atoms with E-state index in [4.69, 9.17) is 14.7 Å². The molecule has 0 aliphatic carbocycles. The molecule has 29 heavy (non-hydrogen) atoms. The van der Waals surface area contributed by atoms with Gasteiger partial charge in [-0.3, -0.25) is 5.10 Å². The van der Waals surface area contributed by atoms with Crippen molar-refractivity contribution < 1.29 is 9.47 Å². The second-order valence-corrected chi connectivity index (χ2v) is 6.54. The lowest BCUT2D eigenvalue weighted by Gasteiger charge is -2.23. The van der Waals surface area contributed by atoms with Gasteiger partial charge in [0.2, 0.25) is 0 Å². The minimum absolute atomic E-state index is 0. The number of rotatable bonds is 5. The van der Waals surface area contributed by atoms with E-state index in [1.165, 1.54) is 18.0 Å². The Labute approximate surface area is 174 Å². The quantitative estimate of drug-likeness (QED) is 0.655. The van der Waals surface area contributed by atoms with Crippen LogP contribution in [-0.2, 0) is 4.74 Å².